The van der Waals surface area contributed by atoms with E-state index in [9.17, 15) is 0 Å². The van der Waals surface area contributed by atoms with Crippen molar-refractivity contribution in [1.29, 1.82) is 0 Å². The Bertz CT molecular complexity index is 437. The number of benzene rings is 1. The van der Waals surface area contributed by atoms with Crippen molar-refractivity contribution >= 4 is 23.2 Å². The molecule has 1 aromatic carbocycles. The van der Waals surface area contributed by atoms with Gasteiger partial charge in [0.15, 0.2) is 5.75 Å². The monoisotopic (exact) mass is 256 g/mol. The molecule has 0 N–H and O–H groups in total. The van der Waals surface area contributed by atoms with Gasteiger partial charge >= 0.3 is 0 Å². The van der Waals surface area contributed by atoms with Gasteiger partial charge in [0.2, 0.25) is 0 Å². The van der Waals surface area contributed by atoms with Crippen molar-refractivity contribution in [3.05, 3.63) is 46.7 Å². The molecule has 1 heterocycles. The molecule has 1 aromatic heterocycles. The molecule has 0 bridgehead atoms. The summed E-state index contributed by atoms with van der Waals surface area (Å²) in [6, 6.07) is 7.14. The summed E-state index contributed by atoms with van der Waals surface area (Å²) >= 11 is 11.9. The van der Waals surface area contributed by atoms with E-state index >= 15 is 0 Å². The molecule has 0 fully saturated rings. The number of para-hydroxylation sites is 1. The first-order valence-corrected chi connectivity index (χ1v) is 5.57. The molecule has 0 unspecified atom stereocenters. The topological polar surface area (TPSA) is 27.1 Å². The van der Waals surface area contributed by atoms with Crippen LogP contribution >= 0.6 is 23.2 Å². The lowest BCUT2D eigenvalue weighted by Gasteiger charge is -2.09. The van der Waals surface area contributed by atoms with Crippen LogP contribution < -0.4 is 4.74 Å². The first kappa shape index (κ1) is 11.3. The maximum absolute atomic E-state index is 5.96. The molecule has 0 saturated heterocycles. The Morgan fingerprint density at radius 2 is 1.94 bits per heavy atom. The molecule has 16 heavy (non-hydrogen) atoms. The van der Waals surface area contributed by atoms with Gasteiger partial charge < -0.3 is 4.74 Å². The van der Waals surface area contributed by atoms with Crippen molar-refractivity contribution < 1.29 is 4.74 Å². The SMILES string of the molecule is Clc1cccc(Cl)c1OCCn1cccn1. The van der Waals surface area contributed by atoms with Gasteiger partial charge in [0.25, 0.3) is 0 Å². The van der Waals surface area contributed by atoms with E-state index < -0.39 is 0 Å². The molecule has 0 amide bonds. The van der Waals surface area contributed by atoms with Gasteiger partial charge in [0.1, 0.15) is 6.61 Å². The molecule has 0 aliphatic heterocycles. The van der Waals surface area contributed by atoms with Crippen LogP contribution in [0.2, 0.25) is 10.0 Å². The molecule has 2 aromatic rings. The van der Waals surface area contributed by atoms with Crippen LogP contribution in [0.5, 0.6) is 5.75 Å². The average Bonchev–Trinajstić information content (AvgIpc) is 2.75. The molecule has 0 aliphatic carbocycles. The van der Waals surface area contributed by atoms with Gasteiger partial charge in [-0.1, -0.05) is 29.3 Å². The van der Waals surface area contributed by atoms with Gasteiger partial charge in [-0.15, -0.1) is 0 Å². The lowest BCUT2D eigenvalue weighted by molar-refractivity contribution is 0.291. The highest BCUT2D eigenvalue weighted by Gasteiger charge is 2.05. The fraction of sp³-hybridized carbons (Fsp3) is 0.182. The molecule has 0 radical (unpaired) electrons. The average molecular weight is 257 g/mol. The quantitative estimate of drug-likeness (QED) is 0.840. The summed E-state index contributed by atoms with van der Waals surface area (Å²) in [7, 11) is 0. The van der Waals surface area contributed by atoms with Crippen molar-refractivity contribution in [1.82, 2.24) is 9.78 Å². The van der Waals surface area contributed by atoms with E-state index in [2.05, 4.69) is 5.10 Å². The van der Waals surface area contributed by atoms with Crippen molar-refractivity contribution in [2.75, 3.05) is 6.61 Å². The number of nitrogens with zero attached hydrogens (tertiary/aromatic N) is 2. The van der Waals surface area contributed by atoms with Crippen molar-refractivity contribution in [2.24, 2.45) is 0 Å². The highest BCUT2D eigenvalue weighted by atomic mass is 35.5. The summed E-state index contributed by atoms with van der Waals surface area (Å²) in [5, 5.41) is 5.11. The molecule has 0 saturated carbocycles. The minimum Gasteiger partial charge on any atom is -0.489 e. The van der Waals surface area contributed by atoms with Crippen molar-refractivity contribution in [3.63, 3.8) is 0 Å². The number of hydrogen-bond acceptors (Lipinski definition) is 2. The predicted octanol–water partition coefficient (Wildman–Crippen LogP) is 3.27. The second-order valence-corrected chi connectivity index (χ2v) is 3.98. The fourth-order valence-corrected chi connectivity index (χ4v) is 1.80. The Labute approximate surface area is 104 Å². The van der Waals surface area contributed by atoms with E-state index in [0.717, 1.165) is 0 Å². The molecule has 0 spiro atoms. The van der Waals surface area contributed by atoms with E-state index in [1.165, 1.54) is 0 Å². The lowest BCUT2D eigenvalue weighted by Crippen LogP contribution is -2.08. The van der Waals surface area contributed by atoms with Gasteiger partial charge in [-0.3, -0.25) is 4.68 Å². The number of halogens is 2. The third-order valence-corrected chi connectivity index (χ3v) is 2.64. The number of ether oxygens (including phenoxy) is 1. The van der Waals surface area contributed by atoms with Crippen LogP contribution in [0, 0.1) is 0 Å². The Kier molecular flexibility index (Phi) is 3.70. The van der Waals surface area contributed by atoms with Gasteiger partial charge in [0, 0.05) is 12.4 Å². The van der Waals surface area contributed by atoms with Gasteiger partial charge in [-0.25, -0.2) is 0 Å². The summed E-state index contributed by atoms with van der Waals surface area (Å²) in [5.74, 6) is 0.526. The lowest BCUT2D eigenvalue weighted by atomic mass is 10.3. The molecule has 2 rings (SSSR count). The van der Waals surface area contributed by atoms with Crippen LogP contribution in [0.15, 0.2) is 36.7 Å². The van der Waals surface area contributed by atoms with Crippen LogP contribution in [-0.4, -0.2) is 16.4 Å². The maximum atomic E-state index is 5.96. The zero-order chi connectivity index (χ0) is 11.4. The van der Waals surface area contributed by atoms with E-state index in [0.29, 0.717) is 28.9 Å². The number of hydrogen-bond donors (Lipinski definition) is 0. The number of aromatic nitrogens is 2. The maximum Gasteiger partial charge on any atom is 0.156 e. The second-order valence-electron chi connectivity index (χ2n) is 3.17. The molecule has 0 aliphatic rings. The Hall–Kier alpha value is -1.19. The third kappa shape index (κ3) is 2.68. The van der Waals surface area contributed by atoms with Crippen molar-refractivity contribution in [2.45, 2.75) is 6.54 Å². The zero-order valence-electron chi connectivity index (χ0n) is 8.44. The summed E-state index contributed by atoms with van der Waals surface area (Å²) in [4.78, 5) is 0. The Morgan fingerprint density at radius 3 is 2.56 bits per heavy atom. The summed E-state index contributed by atoms with van der Waals surface area (Å²) in [5.41, 5.74) is 0. The highest BCUT2D eigenvalue weighted by molar-refractivity contribution is 6.37. The first-order valence-electron chi connectivity index (χ1n) is 4.81. The molecule has 3 nitrogen and oxygen atoms in total. The van der Waals surface area contributed by atoms with E-state index in [1.807, 2.05) is 12.3 Å². The predicted molar refractivity (Wildman–Crippen MR) is 64.2 cm³/mol. The molecule has 5 heteroatoms. The largest absolute Gasteiger partial charge is 0.489 e. The standard InChI is InChI=1S/C11H10Cl2N2O/c12-9-3-1-4-10(13)11(9)16-8-7-15-6-2-5-14-15/h1-6H,7-8H2. The summed E-state index contributed by atoms with van der Waals surface area (Å²) in [6.45, 7) is 1.14. The van der Waals surface area contributed by atoms with Crippen LogP contribution in [0.1, 0.15) is 0 Å². The Balaban J connectivity index is 1.95. The van der Waals surface area contributed by atoms with Crippen molar-refractivity contribution in [3.8, 4) is 5.75 Å². The smallest absolute Gasteiger partial charge is 0.156 e. The molecular weight excluding hydrogens is 247 g/mol. The van der Waals surface area contributed by atoms with E-state index in [4.69, 9.17) is 27.9 Å². The van der Waals surface area contributed by atoms with Crippen LogP contribution in [0.4, 0.5) is 0 Å². The minimum absolute atomic E-state index is 0.477. The van der Waals surface area contributed by atoms with Crippen LogP contribution in [0.3, 0.4) is 0 Å². The normalized spacial score (nSPS) is 10.4. The van der Waals surface area contributed by atoms with Gasteiger partial charge in [-0.2, -0.15) is 5.10 Å². The van der Waals surface area contributed by atoms with Crippen LogP contribution in [-0.2, 0) is 6.54 Å². The molecule has 0 atom stereocenters. The van der Waals surface area contributed by atoms with E-state index in [-0.39, 0.29) is 0 Å². The second kappa shape index (κ2) is 5.23. The molecule has 84 valence electrons. The zero-order valence-corrected chi connectivity index (χ0v) is 9.95. The van der Waals surface area contributed by atoms with Crippen LogP contribution in [0.25, 0.3) is 0 Å². The number of rotatable bonds is 4. The Morgan fingerprint density at radius 1 is 1.19 bits per heavy atom. The fourth-order valence-electron chi connectivity index (χ4n) is 1.29. The highest BCUT2D eigenvalue weighted by Crippen LogP contribution is 2.32. The third-order valence-electron chi connectivity index (χ3n) is 2.04. The van der Waals surface area contributed by atoms with Gasteiger partial charge in [0.05, 0.1) is 16.6 Å². The van der Waals surface area contributed by atoms with Gasteiger partial charge in [-0.05, 0) is 18.2 Å². The first-order chi connectivity index (χ1) is 7.77. The summed E-state index contributed by atoms with van der Waals surface area (Å²) < 4.78 is 7.30. The molecular formula is C11H10Cl2N2O. The summed E-state index contributed by atoms with van der Waals surface area (Å²) in [6.07, 6.45) is 3.60. The van der Waals surface area contributed by atoms with E-state index in [1.54, 1.807) is 29.1 Å². The minimum atomic E-state index is 0.477.